The van der Waals surface area contributed by atoms with Crippen LogP contribution in [0, 0.1) is 26.2 Å². The van der Waals surface area contributed by atoms with E-state index in [-0.39, 0.29) is 30.0 Å². The standard InChI is InChI=1S/C41H45Cl2N7O4S/c1-24-25(2)55-39-35(24)36(28-13-15-30(42)16-14-28)45-32(37-48-47-26(3)50(37)39)22-34(52)44-19-7-5-4-6-9-27-11-12-29(21-31(27)43)38(53)49-20-18-41(23-49)17-8-10-33(51)46-40(41)54/h11-16,21,32H,4-10,17-20,22-23H2,1-3H3,(H,44,52)(H,46,51,54)/t32-,41?/m0/s1. The van der Waals surface area contributed by atoms with Gasteiger partial charge >= 0.3 is 0 Å². The lowest BCUT2D eigenvalue weighted by atomic mass is 9.82. The highest BCUT2D eigenvalue weighted by molar-refractivity contribution is 7.15. The summed E-state index contributed by atoms with van der Waals surface area (Å²) < 4.78 is 2.05. The number of benzene rings is 2. The predicted molar refractivity (Wildman–Crippen MR) is 214 cm³/mol. The van der Waals surface area contributed by atoms with Gasteiger partial charge in [-0.05, 0) is 94.7 Å². The van der Waals surface area contributed by atoms with Crippen LogP contribution in [0.5, 0.6) is 0 Å². The first kappa shape index (κ1) is 38.9. The third-order valence-electron chi connectivity index (χ3n) is 11.2. The van der Waals surface area contributed by atoms with Crippen LogP contribution in [0.4, 0.5) is 0 Å². The number of aliphatic imine (C=N–C) groups is 1. The van der Waals surface area contributed by atoms with Gasteiger partial charge in [0.15, 0.2) is 5.82 Å². The molecular weight excluding hydrogens is 757 g/mol. The molecule has 55 heavy (non-hydrogen) atoms. The summed E-state index contributed by atoms with van der Waals surface area (Å²) in [5, 5.41) is 16.7. The molecule has 0 saturated carbocycles. The Morgan fingerprint density at radius 2 is 1.78 bits per heavy atom. The zero-order chi connectivity index (χ0) is 38.9. The second-order valence-electron chi connectivity index (χ2n) is 14.9. The van der Waals surface area contributed by atoms with E-state index in [1.54, 1.807) is 22.3 Å². The molecule has 0 bridgehead atoms. The van der Waals surface area contributed by atoms with Crippen molar-refractivity contribution in [2.45, 2.75) is 91.0 Å². The molecule has 4 amide bonds. The van der Waals surface area contributed by atoms with Crippen LogP contribution in [-0.4, -0.2) is 68.6 Å². The maximum Gasteiger partial charge on any atom is 0.253 e. The van der Waals surface area contributed by atoms with E-state index in [9.17, 15) is 19.2 Å². The van der Waals surface area contributed by atoms with E-state index in [0.29, 0.717) is 66.8 Å². The number of nitrogens with one attached hydrogen (secondary N) is 2. The van der Waals surface area contributed by atoms with Crippen LogP contribution >= 0.6 is 34.5 Å². The molecule has 11 nitrogen and oxygen atoms in total. The zero-order valence-electron chi connectivity index (χ0n) is 31.3. The SMILES string of the molecule is Cc1sc2c(c1C)C(c1ccc(Cl)cc1)=N[C@@H](CC(=O)NCCCCCCc1ccc(C(=O)N3CCC4(CCCC(=O)NC4=O)C3)cc1Cl)c1nnc(C)n1-2. The largest absolute Gasteiger partial charge is 0.356 e. The topological polar surface area (TPSA) is 139 Å². The number of halogens is 2. The van der Waals surface area contributed by atoms with Gasteiger partial charge in [0, 0.05) is 57.7 Å². The summed E-state index contributed by atoms with van der Waals surface area (Å²) in [6.45, 7) is 7.47. The first-order chi connectivity index (χ1) is 26.4. The Kier molecular flexibility index (Phi) is 11.6. The number of aromatic nitrogens is 3. The van der Waals surface area contributed by atoms with E-state index in [0.717, 1.165) is 70.9 Å². The van der Waals surface area contributed by atoms with Crippen LogP contribution in [0.1, 0.15) is 113 Å². The van der Waals surface area contributed by atoms with Gasteiger partial charge in [0.05, 0.1) is 17.5 Å². The molecule has 4 aromatic rings. The van der Waals surface area contributed by atoms with Crippen molar-refractivity contribution in [3.05, 3.63) is 96.9 Å². The number of likely N-dealkylation sites (tertiary alicyclic amines) is 1. The zero-order valence-corrected chi connectivity index (χ0v) is 33.7. The Bertz CT molecular complexity index is 2180. The maximum atomic E-state index is 13.3. The Hall–Kier alpha value is -4.39. The van der Waals surface area contributed by atoms with Gasteiger partial charge in [-0.25, -0.2) is 0 Å². The third-order valence-corrected chi connectivity index (χ3v) is 13.0. The molecule has 2 saturated heterocycles. The molecule has 3 aliphatic heterocycles. The molecule has 2 N–H and O–H groups in total. The van der Waals surface area contributed by atoms with Crippen molar-refractivity contribution in [1.29, 1.82) is 0 Å². The van der Waals surface area contributed by atoms with Crippen molar-refractivity contribution in [1.82, 2.24) is 30.3 Å². The van der Waals surface area contributed by atoms with Gasteiger partial charge in [-0.15, -0.1) is 21.5 Å². The molecule has 5 heterocycles. The Morgan fingerprint density at radius 3 is 2.56 bits per heavy atom. The quantitative estimate of drug-likeness (QED) is 0.120. The van der Waals surface area contributed by atoms with Gasteiger partial charge in [0.25, 0.3) is 5.91 Å². The molecule has 2 fully saturated rings. The molecule has 2 aromatic heterocycles. The fourth-order valence-corrected chi connectivity index (χ4v) is 9.54. The molecule has 2 aromatic carbocycles. The number of thiophene rings is 1. The summed E-state index contributed by atoms with van der Waals surface area (Å²) in [5.41, 5.74) is 4.71. The highest BCUT2D eigenvalue weighted by Crippen LogP contribution is 2.40. The average molecular weight is 803 g/mol. The van der Waals surface area contributed by atoms with Crippen LogP contribution in [-0.2, 0) is 20.8 Å². The maximum absolute atomic E-state index is 13.3. The minimum Gasteiger partial charge on any atom is -0.356 e. The van der Waals surface area contributed by atoms with Crippen molar-refractivity contribution in [3.63, 3.8) is 0 Å². The molecule has 0 aliphatic carbocycles. The van der Waals surface area contributed by atoms with Gasteiger partial charge in [-0.2, -0.15) is 0 Å². The van der Waals surface area contributed by atoms with Crippen LogP contribution in [0.3, 0.4) is 0 Å². The number of rotatable bonds is 11. The fraction of sp³-hybridized carbons (Fsp3) is 0.439. The van der Waals surface area contributed by atoms with Gasteiger partial charge in [0.1, 0.15) is 16.9 Å². The molecule has 288 valence electrons. The summed E-state index contributed by atoms with van der Waals surface area (Å²) in [7, 11) is 0. The number of aryl methyl sites for hydroxylation is 3. The van der Waals surface area contributed by atoms with E-state index >= 15 is 0 Å². The normalized spacial score (nSPS) is 19.4. The number of carbonyl (C=O) groups excluding carboxylic acids is 4. The van der Waals surface area contributed by atoms with Gasteiger partial charge < -0.3 is 10.2 Å². The second kappa shape index (κ2) is 16.4. The first-order valence-corrected chi connectivity index (χ1v) is 20.6. The Morgan fingerprint density at radius 1 is 1.00 bits per heavy atom. The number of nitrogens with zero attached hydrogens (tertiary/aromatic N) is 5. The molecular formula is C41H45Cl2N7O4S. The summed E-state index contributed by atoms with van der Waals surface area (Å²) in [6.07, 6.45) is 6.72. The third kappa shape index (κ3) is 8.13. The molecule has 7 rings (SSSR count). The number of hydrogen-bond donors (Lipinski definition) is 2. The highest BCUT2D eigenvalue weighted by Gasteiger charge is 2.47. The number of unbranched alkanes of at least 4 members (excludes halogenated alkanes) is 3. The van der Waals surface area contributed by atoms with Gasteiger partial charge in [0.2, 0.25) is 17.7 Å². The van der Waals surface area contributed by atoms with Crippen molar-refractivity contribution >= 4 is 63.9 Å². The van der Waals surface area contributed by atoms with Crippen molar-refractivity contribution in [2.75, 3.05) is 19.6 Å². The number of carbonyl (C=O) groups is 4. The lowest BCUT2D eigenvalue weighted by Gasteiger charge is -2.25. The first-order valence-electron chi connectivity index (χ1n) is 19.0. The van der Waals surface area contributed by atoms with Crippen molar-refractivity contribution in [3.8, 4) is 5.00 Å². The van der Waals surface area contributed by atoms with Gasteiger partial charge in [-0.3, -0.25) is 34.1 Å². The van der Waals surface area contributed by atoms with E-state index in [1.807, 2.05) is 43.3 Å². The molecule has 1 unspecified atom stereocenters. The number of imide groups is 1. The minimum atomic E-state index is -0.699. The molecule has 14 heteroatoms. The monoisotopic (exact) mass is 801 g/mol. The van der Waals surface area contributed by atoms with Crippen LogP contribution in [0.15, 0.2) is 47.5 Å². The minimum absolute atomic E-state index is 0.0901. The number of fused-ring (bicyclic) bond motifs is 3. The van der Waals surface area contributed by atoms with Crippen LogP contribution in [0.2, 0.25) is 10.0 Å². The average Bonchev–Trinajstić information content (AvgIpc) is 3.80. The van der Waals surface area contributed by atoms with E-state index < -0.39 is 11.5 Å². The molecule has 1 spiro atoms. The predicted octanol–water partition coefficient (Wildman–Crippen LogP) is 7.42. The number of hydrogen-bond acceptors (Lipinski definition) is 8. The Balaban J connectivity index is 0.894. The van der Waals surface area contributed by atoms with E-state index in [4.69, 9.17) is 28.2 Å². The summed E-state index contributed by atoms with van der Waals surface area (Å²) in [4.78, 5) is 59.4. The fourth-order valence-electron chi connectivity index (χ4n) is 7.93. The van der Waals surface area contributed by atoms with Crippen molar-refractivity contribution in [2.24, 2.45) is 10.4 Å². The lowest BCUT2D eigenvalue weighted by Crippen LogP contribution is -2.43. The smallest absolute Gasteiger partial charge is 0.253 e. The van der Waals surface area contributed by atoms with Crippen LogP contribution < -0.4 is 10.6 Å². The lowest BCUT2D eigenvalue weighted by molar-refractivity contribution is -0.135. The van der Waals surface area contributed by atoms with Crippen LogP contribution in [0.25, 0.3) is 5.00 Å². The Labute approximate surface area is 334 Å². The van der Waals surface area contributed by atoms with E-state index in [2.05, 4.69) is 39.2 Å². The molecule has 2 atom stereocenters. The van der Waals surface area contributed by atoms with Crippen molar-refractivity contribution < 1.29 is 19.2 Å². The summed E-state index contributed by atoms with van der Waals surface area (Å²) in [6, 6.07) is 12.6. The molecule has 3 aliphatic rings. The van der Waals surface area contributed by atoms with E-state index in [1.165, 1.54) is 4.88 Å². The summed E-state index contributed by atoms with van der Waals surface area (Å²) in [5.74, 6) is 0.659. The second-order valence-corrected chi connectivity index (χ2v) is 17.0. The van der Waals surface area contributed by atoms with Gasteiger partial charge in [-0.1, -0.05) is 54.2 Å². The summed E-state index contributed by atoms with van der Waals surface area (Å²) >= 11 is 14.6. The number of amides is 4. The highest BCUT2D eigenvalue weighted by atomic mass is 35.5. The molecule has 0 radical (unpaired) electrons.